The van der Waals surface area contributed by atoms with E-state index in [-0.39, 0.29) is 11.9 Å². The highest BCUT2D eigenvalue weighted by atomic mass is 35.5. The van der Waals surface area contributed by atoms with Crippen LogP contribution in [0.5, 0.6) is 0 Å². The Morgan fingerprint density at radius 3 is 2.75 bits per heavy atom. The zero-order valence-electron chi connectivity index (χ0n) is 15.6. The molecule has 0 amide bonds. The third-order valence-electron chi connectivity index (χ3n) is 4.26. The number of esters is 1. The zero-order valence-corrected chi connectivity index (χ0v) is 17.3. The number of furan rings is 2. The summed E-state index contributed by atoms with van der Waals surface area (Å²) in [6.45, 7) is 3.97. The second-order valence-electron chi connectivity index (χ2n) is 6.33. The molecule has 0 spiro atoms. The summed E-state index contributed by atoms with van der Waals surface area (Å²) in [6, 6.07) is 11.9. The van der Waals surface area contributed by atoms with Crippen LogP contribution in [0.4, 0.5) is 5.69 Å². The van der Waals surface area contributed by atoms with Gasteiger partial charge in [0.15, 0.2) is 6.04 Å². The van der Waals surface area contributed by atoms with E-state index in [4.69, 9.17) is 25.2 Å². The van der Waals surface area contributed by atoms with Crippen molar-refractivity contribution in [1.29, 1.82) is 0 Å². The summed E-state index contributed by atoms with van der Waals surface area (Å²) in [6.07, 6.45) is 2.20. The first kappa shape index (κ1) is 20.4. The zero-order chi connectivity index (χ0) is 20.1. The van der Waals surface area contributed by atoms with Crippen LogP contribution in [0.3, 0.4) is 0 Å². The third-order valence-corrected chi connectivity index (χ3v) is 4.93. The minimum Gasteiger partial charge on any atom is -0.469 e. The number of rotatable bonds is 8. The largest absolute Gasteiger partial charge is 0.469 e. The fraction of sp³-hybridized carbons (Fsp3) is 0.286. The first-order valence-corrected chi connectivity index (χ1v) is 9.86. The number of aryl methyl sites for hydroxylation is 1. The van der Waals surface area contributed by atoms with Gasteiger partial charge in [0.1, 0.15) is 17.3 Å². The molecule has 2 heterocycles. The topological polar surface area (TPSA) is 64.6 Å². The fourth-order valence-corrected chi connectivity index (χ4v) is 3.29. The van der Waals surface area contributed by atoms with Crippen LogP contribution in [0, 0.1) is 6.92 Å². The third kappa shape index (κ3) is 4.94. The molecule has 1 aromatic carbocycles. The van der Waals surface area contributed by atoms with E-state index in [0.717, 1.165) is 17.0 Å². The average Bonchev–Trinajstić information content (AvgIpc) is 3.34. The number of nitrogens with one attached hydrogen (secondary N) is 1. The number of hydrogen-bond donors (Lipinski definition) is 2. The molecule has 0 radical (unpaired) electrons. The van der Waals surface area contributed by atoms with Crippen LogP contribution in [0.1, 0.15) is 41.1 Å². The highest BCUT2D eigenvalue weighted by molar-refractivity contribution is 7.80. The number of benzene rings is 1. The average molecular weight is 420 g/mol. The number of ether oxygens (including phenoxy) is 1. The lowest BCUT2D eigenvalue weighted by Crippen LogP contribution is -2.23. The summed E-state index contributed by atoms with van der Waals surface area (Å²) >= 11 is 10.7. The van der Waals surface area contributed by atoms with E-state index < -0.39 is 12.0 Å². The molecule has 0 fully saturated rings. The van der Waals surface area contributed by atoms with Gasteiger partial charge in [0.05, 0.1) is 18.1 Å². The van der Waals surface area contributed by atoms with E-state index in [2.05, 4.69) is 17.9 Å². The van der Waals surface area contributed by atoms with Gasteiger partial charge in [0.25, 0.3) is 0 Å². The van der Waals surface area contributed by atoms with Crippen molar-refractivity contribution in [3.8, 4) is 0 Å². The minimum absolute atomic E-state index is 0.198. The SMILES string of the molecule is CCOC(=O)C(Nc1cc(Cl)ccc1C)c1ccc(C(S)Cc2ccco2)o1. The van der Waals surface area contributed by atoms with Crippen LogP contribution in [0.15, 0.2) is 57.6 Å². The van der Waals surface area contributed by atoms with Crippen molar-refractivity contribution in [3.05, 3.63) is 76.6 Å². The Morgan fingerprint density at radius 1 is 1.25 bits per heavy atom. The maximum atomic E-state index is 12.6. The summed E-state index contributed by atoms with van der Waals surface area (Å²) in [5.41, 5.74) is 1.69. The van der Waals surface area contributed by atoms with Crippen molar-refractivity contribution in [2.75, 3.05) is 11.9 Å². The van der Waals surface area contributed by atoms with Gasteiger partial charge < -0.3 is 18.9 Å². The molecule has 3 rings (SSSR count). The molecule has 3 aromatic rings. The van der Waals surface area contributed by atoms with Gasteiger partial charge in [-0.2, -0.15) is 12.6 Å². The molecule has 0 aliphatic heterocycles. The van der Waals surface area contributed by atoms with E-state index >= 15 is 0 Å². The monoisotopic (exact) mass is 419 g/mol. The number of thiol groups is 1. The van der Waals surface area contributed by atoms with Gasteiger partial charge in [0, 0.05) is 17.1 Å². The van der Waals surface area contributed by atoms with Crippen molar-refractivity contribution in [3.63, 3.8) is 0 Å². The molecule has 2 unspecified atom stereocenters. The van der Waals surface area contributed by atoms with Gasteiger partial charge in [0.2, 0.25) is 0 Å². The van der Waals surface area contributed by atoms with Crippen LogP contribution < -0.4 is 5.32 Å². The van der Waals surface area contributed by atoms with Gasteiger partial charge in [-0.3, -0.25) is 0 Å². The van der Waals surface area contributed by atoms with E-state index in [9.17, 15) is 4.79 Å². The quantitative estimate of drug-likeness (QED) is 0.358. The molecule has 2 atom stereocenters. The number of carbonyl (C=O) groups is 1. The molecule has 0 saturated heterocycles. The van der Waals surface area contributed by atoms with Crippen LogP contribution in [-0.4, -0.2) is 12.6 Å². The summed E-state index contributed by atoms with van der Waals surface area (Å²) in [5.74, 6) is 1.48. The Bertz CT molecular complexity index is 922. The Labute approximate surface area is 174 Å². The maximum Gasteiger partial charge on any atom is 0.336 e. The maximum absolute atomic E-state index is 12.6. The van der Waals surface area contributed by atoms with Crippen LogP contribution >= 0.6 is 24.2 Å². The number of carbonyl (C=O) groups excluding carboxylic acids is 1. The highest BCUT2D eigenvalue weighted by Crippen LogP contribution is 2.31. The molecule has 0 aliphatic carbocycles. The Hall–Kier alpha value is -2.31. The molecule has 0 bridgehead atoms. The van der Waals surface area contributed by atoms with Crippen molar-refractivity contribution in [1.82, 2.24) is 0 Å². The molecule has 28 heavy (non-hydrogen) atoms. The van der Waals surface area contributed by atoms with Crippen molar-refractivity contribution < 1.29 is 18.4 Å². The normalized spacial score (nSPS) is 13.1. The molecular formula is C21H22ClNO4S. The summed E-state index contributed by atoms with van der Waals surface area (Å²) < 4.78 is 16.5. The minimum atomic E-state index is -0.796. The second kappa shape index (κ2) is 9.26. The molecule has 148 valence electrons. The highest BCUT2D eigenvalue weighted by Gasteiger charge is 2.27. The van der Waals surface area contributed by atoms with E-state index in [1.54, 1.807) is 31.4 Å². The summed E-state index contributed by atoms with van der Waals surface area (Å²) in [4.78, 5) is 12.6. The molecule has 0 aliphatic rings. The predicted octanol–water partition coefficient (Wildman–Crippen LogP) is 5.76. The molecule has 0 saturated carbocycles. The Balaban J connectivity index is 1.83. The number of halogens is 1. The van der Waals surface area contributed by atoms with Crippen LogP contribution in [-0.2, 0) is 16.0 Å². The van der Waals surface area contributed by atoms with E-state index in [1.165, 1.54) is 0 Å². The Kier molecular flexibility index (Phi) is 6.75. The Morgan fingerprint density at radius 2 is 2.04 bits per heavy atom. The second-order valence-corrected chi connectivity index (χ2v) is 7.39. The van der Waals surface area contributed by atoms with Gasteiger partial charge in [-0.15, -0.1) is 0 Å². The standard InChI is InChI=1S/C21H22ClNO4S/c1-3-25-21(24)20(23-16-11-14(22)7-6-13(16)2)18-9-8-17(27-18)19(28)12-15-5-4-10-26-15/h4-11,19-20,23,28H,3,12H2,1-2H3. The van der Waals surface area contributed by atoms with Crippen LogP contribution in [0.25, 0.3) is 0 Å². The van der Waals surface area contributed by atoms with Gasteiger partial charge >= 0.3 is 5.97 Å². The van der Waals surface area contributed by atoms with Gasteiger partial charge in [-0.1, -0.05) is 17.7 Å². The fourth-order valence-electron chi connectivity index (χ4n) is 2.80. The van der Waals surface area contributed by atoms with Crippen LogP contribution in [0.2, 0.25) is 5.02 Å². The molecular weight excluding hydrogens is 398 g/mol. The molecule has 7 heteroatoms. The molecule has 5 nitrogen and oxygen atoms in total. The van der Waals surface area contributed by atoms with Crippen molar-refractivity contribution in [2.45, 2.75) is 31.6 Å². The predicted molar refractivity (Wildman–Crippen MR) is 112 cm³/mol. The van der Waals surface area contributed by atoms with E-state index in [1.807, 2.05) is 31.2 Å². The van der Waals surface area contributed by atoms with Crippen molar-refractivity contribution in [2.24, 2.45) is 0 Å². The molecule has 1 N–H and O–H groups in total. The van der Waals surface area contributed by atoms with Gasteiger partial charge in [-0.25, -0.2) is 4.79 Å². The van der Waals surface area contributed by atoms with Gasteiger partial charge in [-0.05, 0) is 55.8 Å². The lowest BCUT2D eigenvalue weighted by Gasteiger charge is -2.18. The molecule has 2 aromatic heterocycles. The van der Waals surface area contributed by atoms with E-state index in [0.29, 0.717) is 23.0 Å². The first-order chi connectivity index (χ1) is 13.5. The number of hydrogen-bond acceptors (Lipinski definition) is 6. The smallest absolute Gasteiger partial charge is 0.336 e. The summed E-state index contributed by atoms with van der Waals surface area (Å²) in [7, 11) is 0. The van der Waals surface area contributed by atoms with Crippen molar-refractivity contribution >= 4 is 35.9 Å². The summed E-state index contributed by atoms with van der Waals surface area (Å²) in [5, 5.41) is 3.57. The lowest BCUT2D eigenvalue weighted by atomic mass is 10.1. The first-order valence-electron chi connectivity index (χ1n) is 8.97. The lowest BCUT2D eigenvalue weighted by molar-refractivity contribution is -0.144. The number of anilines is 1.